The van der Waals surface area contributed by atoms with Crippen molar-refractivity contribution in [2.75, 3.05) is 11.9 Å². The average Bonchev–Trinajstić information content (AvgIpc) is 3.29. The number of hydrogen-bond donors (Lipinski definition) is 1. The summed E-state index contributed by atoms with van der Waals surface area (Å²) in [7, 11) is 0. The van der Waals surface area contributed by atoms with Gasteiger partial charge < -0.3 is 4.74 Å². The van der Waals surface area contributed by atoms with Gasteiger partial charge in [-0.3, -0.25) is 14.8 Å². The number of nitrogens with zero attached hydrogens (tertiary/aromatic N) is 3. The molecule has 136 valence electrons. The molecule has 4 aromatic rings. The van der Waals surface area contributed by atoms with Crippen molar-refractivity contribution in [3.63, 3.8) is 0 Å². The third-order valence-corrected chi connectivity index (χ3v) is 4.91. The van der Waals surface area contributed by atoms with Crippen molar-refractivity contribution in [1.29, 1.82) is 0 Å². The lowest BCUT2D eigenvalue weighted by Gasteiger charge is -2.01. The van der Waals surface area contributed by atoms with Gasteiger partial charge in [-0.05, 0) is 30.7 Å². The smallest absolute Gasteiger partial charge is 0.260 e. The van der Waals surface area contributed by atoms with Gasteiger partial charge in [0.25, 0.3) is 5.91 Å². The van der Waals surface area contributed by atoms with Gasteiger partial charge in [-0.15, -0.1) is 0 Å². The summed E-state index contributed by atoms with van der Waals surface area (Å²) in [5.74, 6) is 0.576. The molecule has 2 aromatic heterocycles. The van der Waals surface area contributed by atoms with Crippen molar-refractivity contribution in [2.45, 2.75) is 13.5 Å². The molecule has 1 amide bonds. The Bertz CT molecular complexity index is 1070. The zero-order valence-corrected chi connectivity index (χ0v) is 15.6. The molecule has 0 radical (unpaired) electrons. The van der Waals surface area contributed by atoms with Gasteiger partial charge in [0.05, 0.1) is 35.1 Å². The molecule has 4 rings (SSSR count). The maximum Gasteiger partial charge on any atom is 0.260 e. The lowest BCUT2D eigenvalue weighted by Crippen LogP contribution is -2.10. The highest BCUT2D eigenvalue weighted by Crippen LogP contribution is 2.29. The Morgan fingerprint density at radius 3 is 2.89 bits per heavy atom. The Kier molecular flexibility index (Phi) is 4.84. The number of benzene rings is 2. The van der Waals surface area contributed by atoms with E-state index < -0.39 is 0 Å². The van der Waals surface area contributed by atoms with Crippen LogP contribution in [0.25, 0.3) is 10.2 Å². The summed E-state index contributed by atoms with van der Waals surface area (Å²) < 4.78 is 8.22. The van der Waals surface area contributed by atoms with E-state index in [2.05, 4.69) is 15.4 Å². The number of rotatable bonds is 6. The van der Waals surface area contributed by atoms with Crippen LogP contribution in [0.15, 0.2) is 60.9 Å². The lowest BCUT2D eigenvalue weighted by molar-refractivity contribution is 0.102. The van der Waals surface area contributed by atoms with E-state index in [0.717, 1.165) is 21.5 Å². The first-order chi connectivity index (χ1) is 13.2. The van der Waals surface area contributed by atoms with E-state index in [0.29, 0.717) is 23.8 Å². The van der Waals surface area contributed by atoms with Crippen LogP contribution in [-0.2, 0) is 6.54 Å². The van der Waals surface area contributed by atoms with Crippen LogP contribution in [-0.4, -0.2) is 27.3 Å². The van der Waals surface area contributed by atoms with E-state index in [1.54, 1.807) is 17.1 Å². The van der Waals surface area contributed by atoms with Crippen LogP contribution in [0.3, 0.4) is 0 Å². The number of carbonyl (C=O) groups excluding carboxylic acids is 1. The van der Waals surface area contributed by atoms with Gasteiger partial charge in [0.1, 0.15) is 5.75 Å². The van der Waals surface area contributed by atoms with Crippen LogP contribution in [0.4, 0.5) is 5.13 Å². The van der Waals surface area contributed by atoms with E-state index in [1.165, 1.54) is 11.3 Å². The number of thiazole rings is 1. The molecule has 0 aliphatic heterocycles. The van der Waals surface area contributed by atoms with E-state index in [1.807, 2.05) is 55.5 Å². The van der Waals surface area contributed by atoms with Crippen molar-refractivity contribution in [2.24, 2.45) is 0 Å². The minimum atomic E-state index is -0.224. The van der Waals surface area contributed by atoms with Gasteiger partial charge >= 0.3 is 0 Å². The summed E-state index contributed by atoms with van der Waals surface area (Å²) in [5.41, 5.74) is 2.46. The molecule has 0 fully saturated rings. The standard InChI is InChI=1S/C20H18N4O2S/c1-2-26-16-8-9-17-18(10-16)27-20(22-17)23-19(25)15-11-21-24(13-15)12-14-6-4-3-5-7-14/h3-11,13H,2,12H2,1H3,(H,22,23,25). The molecule has 0 atom stereocenters. The minimum Gasteiger partial charge on any atom is -0.494 e. The second-order valence-electron chi connectivity index (χ2n) is 5.95. The monoisotopic (exact) mass is 378 g/mol. The van der Waals surface area contributed by atoms with Gasteiger partial charge in [0.15, 0.2) is 5.13 Å². The Morgan fingerprint density at radius 2 is 2.07 bits per heavy atom. The number of nitrogens with one attached hydrogen (secondary N) is 1. The zero-order valence-electron chi connectivity index (χ0n) is 14.8. The number of carbonyl (C=O) groups is 1. The highest BCUT2D eigenvalue weighted by molar-refractivity contribution is 7.22. The van der Waals surface area contributed by atoms with Crippen LogP contribution in [0.2, 0.25) is 0 Å². The predicted molar refractivity (Wildman–Crippen MR) is 107 cm³/mol. The van der Waals surface area contributed by atoms with Crippen LogP contribution in [0.5, 0.6) is 5.75 Å². The third kappa shape index (κ3) is 3.98. The largest absolute Gasteiger partial charge is 0.494 e. The van der Waals surface area contributed by atoms with Crippen molar-refractivity contribution < 1.29 is 9.53 Å². The van der Waals surface area contributed by atoms with Gasteiger partial charge in [-0.25, -0.2) is 4.98 Å². The quantitative estimate of drug-likeness (QED) is 0.546. The average molecular weight is 378 g/mol. The first kappa shape index (κ1) is 17.2. The number of amides is 1. The van der Waals surface area contributed by atoms with E-state index >= 15 is 0 Å². The molecular weight excluding hydrogens is 360 g/mol. The first-order valence-electron chi connectivity index (χ1n) is 8.62. The molecule has 1 N–H and O–H groups in total. The van der Waals surface area contributed by atoms with E-state index in [4.69, 9.17) is 4.74 Å². The second kappa shape index (κ2) is 7.59. The number of anilines is 1. The van der Waals surface area contributed by atoms with Crippen LogP contribution in [0.1, 0.15) is 22.8 Å². The molecule has 0 unspecified atom stereocenters. The Morgan fingerprint density at radius 1 is 1.22 bits per heavy atom. The topological polar surface area (TPSA) is 69.0 Å². The molecule has 2 aromatic carbocycles. The van der Waals surface area contributed by atoms with Gasteiger partial charge in [0, 0.05) is 6.20 Å². The molecule has 7 heteroatoms. The third-order valence-electron chi connectivity index (χ3n) is 3.97. The number of fused-ring (bicyclic) bond motifs is 1. The number of aromatic nitrogens is 3. The van der Waals surface area contributed by atoms with E-state index in [-0.39, 0.29) is 5.91 Å². The Hall–Kier alpha value is -3.19. The minimum absolute atomic E-state index is 0.224. The first-order valence-corrected chi connectivity index (χ1v) is 9.44. The van der Waals surface area contributed by atoms with Crippen molar-refractivity contribution >= 4 is 32.6 Å². The fourth-order valence-corrected chi connectivity index (χ4v) is 3.61. The predicted octanol–water partition coefficient (Wildman–Crippen LogP) is 4.19. The summed E-state index contributed by atoms with van der Waals surface area (Å²) in [5, 5.41) is 7.68. The molecular formula is C20H18N4O2S. The SMILES string of the molecule is CCOc1ccc2nc(NC(=O)c3cnn(Cc4ccccc4)c3)sc2c1. The maximum absolute atomic E-state index is 12.5. The zero-order chi connectivity index (χ0) is 18.6. The Balaban J connectivity index is 1.46. The van der Waals surface area contributed by atoms with Gasteiger partial charge in [-0.2, -0.15) is 5.10 Å². The molecule has 0 aliphatic rings. The van der Waals surface area contributed by atoms with Crippen molar-refractivity contribution in [3.8, 4) is 5.75 Å². The highest BCUT2D eigenvalue weighted by Gasteiger charge is 2.12. The summed E-state index contributed by atoms with van der Waals surface area (Å²) in [6, 6.07) is 15.7. The van der Waals surface area contributed by atoms with Crippen molar-refractivity contribution in [3.05, 3.63) is 72.1 Å². The molecule has 0 saturated carbocycles. The van der Waals surface area contributed by atoms with E-state index in [9.17, 15) is 4.79 Å². The fourth-order valence-electron chi connectivity index (χ4n) is 2.72. The van der Waals surface area contributed by atoms with Crippen LogP contribution in [0, 0.1) is 0 Å². The van der Waals surface area contributed by atoms with Gasteiger partial charge in [0.2, 0.25) is 0 Å². The molecule has 0 saturated heterocycles. The molecule has 0 bridgehead atoms. The molecule has 27 heavy (non-hydrogen) atoms. The molecule has 0 aliphatic carbocycles. The summed E-state index contributed by atoms with van der Waals surface area (Å²) in [4.78, 5) is 17.0. The highest BCUT2D eigenvalue weighted by atomic mass is 32.1. The summed E-state index contributed by atoms with van der Waals surface area (Å²) in [6.45, 7) is 3.18. The maximum atomic E-state index is 12.5. The summed E-state index contributed by atoms with van der Waals surface area (Å²) >= 11 is 1.42. The molecule has 2 heterocycles. The fraction of sp³-hybridized carbons (Fsp3) is 0.150. The van der Waals surface area contributed by atoms with Gasteiger partial charge in [-0.1, -0.05) is 41.7 Å². The second-order valence-corrected chi connectivity index (χ2v) is 6.98. The number of ether oxygens (including phenoxy) is 1. The Labute approximate surface area is 160 Å². The summed E-state index contributed by atoms with van der Waals surface area (Å²) in [6.07, 6.45) is 3.31. The van der Waals surface area contributed by atoms with Crippen LogP contribution >= 0.6 is 11.3 Å². The van der Waals surface area contributed by atoms with Crippen LogP contribution < -0.4 is 10.1 Å². The molecule has 6 nitrogen and oxygen atoms in total. The molecule has 0 spiro atoms. The van der Waals surface area contributed by atoms with Crippen molar-refractivity contribution in [1.82, 2.24) is 14.8 Å². The number of hydrogen-bond acceptors (Lipinski definition) is 5. The normalized spacial score (nSPS) is 10.9. The lowest BCUT2D eigenvalue weighted by atomic mass is 10.2.